The van der Waals surface area contributed by atoms with E-state index in [0.717, 1.165) is 6.08 Å². The van der Waals surface area contributed by atoms with Gasteiger partial charge in [-0.1, -0.05) is 61.7 Å². The Kier molecular flexibility index (Phi) is 24.8. The van der Waals surface area contributed by atoms with E-state index < -0.39 is 14.0 Å². The fraction of sp³-hybridized carbons (Fsp3) is 0.267. The summed E-state index contributed by atoms with van der Waals surface area (Å²) >= 11 is 0. The molecule has 114 valence electrons. The molecule has 0 aliphatic carbocycles. The first-order valence-electron chi connectivity index (χ1n) is 5.58. The molecule has 0 saturated carbocycles. The number of rotatable bonds is 2. The minimum Gasteiger partial charge on any atom is 0 e. The molecule has 0 spiro atoms. The van der Waals surface area contributed by atoms with E-state index in [-0.39, 0.29) is 17.4 Å². The van der Waals surface area contributed by atoms with Crippen LogP contribution in [0.1, 0.15) is 0 Å². The molecule has 0 saturated heterocycles. The van der Waals surface area contributed by atoms with Crippen molar-refractivity contribution in [3.8, 4) is 0 Å². The smallest absolute Gasteiger partial charge is 0 e. The maximum Gasteiger partial charge on any atom is 0 e. The molecular formula is C15H20CrO4Si. The molecule has 0 amide bonds. The van der Waals surface area contributed by atoms with Crippen LogP contribution in [0.25, 0.3) is 0 Å². The Morgan fingerprint density at radius 2 is 1.52 bits per heavy atom. The van der Waals surface area contributed by atoms with Crippen molar-refractivity contribution in [2.24, 2.45) is 0 Å². The largest absolute Gasteiger partial charge is 0 e. The van der Waals surface area contributed by atoms with Crippen LogP contribution in [0.4, 0.5) is 0 Å². The average molecular weight is 344 g/mol. The van der Waals surface area contributed by atoms with Crippen LogP contribution in [0.15, 0.2) is 43.0 Å². The van der Waals surface area contributed by atoms with Gasteiger partial charge < -0.3 is 4.74 Å². The van der Waals surface area contributed by atoms with Gasteiger partial charge in [0, 0.05) is 23.4 Å². The molecule has 21 heavy (non-hydrogen) atoms. The molecule has 1 aromatic rings. The summed E-state index contributed by atoms with van der Waals surface area (Å²) in [7, 11) is 0.276. The SMILES string of the molecule is C=CC(=O)OC.C[Si](C)(C)c1ccccc1.[C-]#[O+].[C-]#[O+].[Cr]. The van der Waals surface area contributed by atoms with E-state index in [9.17, 15) is 4.79 Å². The maximum atomic E-state index is 9.84. The summed E-state index contributed by atoms with van der Waals surface area (Å²) < 4.78 is 19.1. The molecule has 0 fully saturated rings. The topological polar surface area (TPSA) is 66.1 Å². The normalized spacial score (nSPS) is 7.62. The van der Waals surface area contributed by atoms with E-state index in [2.05, 4.69) is 74.6 Å². The van der Waals surface area contributed by atoms with Crippen molar-refractivity contribution in [1.29, 1.82) is 0 Å². The van der Waals surface area contributed by atoms with Gasteiger partial charge in [0.2, 0.25) is 0 Å². The van der Waals surface area contributed by atoms with Gasteiger partial charge in [-0.15, -0.1) is 0 Å². The summed E-state index contributed by atoms with van der Waals surface area (Å²) in [6, 6.07) is 10.8. The third-order valence-corrected chi connectivity index (χ3v) is 4.07. The summed E-state index contributed by atoms with van der Waals surface area (Å²) in [6.45, 7) is 19.2. The first-order chi connectivity index (χ1) is 9.41. The second-order valence-corrected chi connectivity index (χ2v) is 9.42. The van der Waals surface area contributed by atoms with Crippen molar-refractivity contribution < 1.29 is 36.2 Å². The standard InChI is InChI=1S/C9H14Si.C4H6O2.2CO.Cr/c1-10(2,3)9-7-5-4-6-8-9;1-3-4(5)6-2;2*1-2;/h4-8H,1-3H3;3H,1H2,2H3;;;. The summed E-state index contributed by atoms with van der Waals surface area (Å²) in [6.07, 6.45) is 1.11. The molecule has 0 aliphatic heterocycles. The van der Waals surface area contributed by atoms with Crippen LogP contribution < -0.4 is 5.19 Å². The Morgan fingerprint density at radius 3 is 1.67 bits per heavy atom. The van der Waals surface area contributed by atoms with Crippen LogP contribution in [-0.2, 0) is 36.2 Å². The van der Waals surface area contributed by atoms with Crippen molar-refractivity contribution in [3.05, 3.63) is 56.3 Å². The minimum atomic E-state index is -1.03. The van der Waals surface area contributed by atoms with Crippen molar-refractivity contribution in [3.63, 3.8) is 0 Å². The summed E-state index contributed by atoms with van der Waals surface area (Å²) in [5.74, 6) is -0.394. The predicted molar refractivity (Wildman–Crippen MR) is 79.5 cm³/mol. The molecule has 0 atom stereocenters. The van der Waals surface area contributed by atoms with E-state index in [0.29, 0.717) is 0 Å². The van der Waals surface area contributed by atoms with Crippen LogP contribution in [0.2, 0.25) is 19.6 Å². The number of methoxy groups -OCH3 is 1. The number of hydrogen-bond acceptors (Lipinski definition) is 2. The van der Waals surface area contributed by atoms with E-state index in [1.807, 2.05) is 0 Å². The molecule has 0 aromatic heterocycles. The Balaban J connectivity index is -0.000000115. The monoisotopic (exact) mass is 344 g/mol. The maximum absolute atomic E-state index is 9.84. The van der Waals surface area contributed by atoms with E-state index in [4.69, 9.17) is 9.30 Å². The van der Waals surface area contributed by atoms with Gasteiger partial charge in [-0.3, -0.25) is 0 Å². The first kappa shape index (κ1) is 27.9. The molecule has 0 bridgehead atoms. The van der Waals surface area contributed by atoms with Gasteiger partial charge in [0.05, 0.1) is 15.2 Å². The van der Waals surface area contributed by atoms with E-state index in [1.165, 1.54) is 12.3 Å². The van der Waals surface area contributed by atoms with Gasteiger partial charge >= 0.3 is 28.6 Å². The van der Waals surface area contributed by atoms with Gasteiger partial charge in [-0.05, 0) is 0 Å². The number of carbonyl (C=O) groups is 1. The van der Waals surface area contributed by atoms with Gasteiger partial charge in [0.15, 0.2) is 0 Å². The van der Waals surface area contributed by atoms with Gasteiger partial charge in [-0.25, -0.2) is 4.79 Å². The van der Waals surface area contributed by atoms with Crippen LogP contribution in [0.5, 0.6) is 0 Å². The molecule has 0 heterocycles. The third-order valence-electron chi connectivity index (χ3n) is 2.01. The van der Waals surface area contributed by atoms with Crippen molar-refractivity contribution in [2.45, 2.75) is 19.6 Å². The second kappa shape index (κ2) is 18.7. The molecule has 0 N–H and O–H groups in total. The zero-order valence-corrected chi connectivity index (χ0v) is 15.0. The summed E-state index contributed by atoms with van der Waals surface area (Å²) in [5.41, 5.74) is 0. The van der Waals surface area contributed by atoms with Crippen molar-refractivity contribution >= 4 is 19.2 Å². The number of esters is 1. The van der Waals surface area contributed by atoms with Gasteiger partial charge in [-0.2, -0.15) is 0 Å². The van der Waals surface area contributed by atoms with E-state index >= 15 is 0 Å². The molecule has 0 radical (unpaired) electrons. The molecule has 1 rings (SSSR count). The Bertz CT molecular complexity index is 402. The molecule has 1 aromatic carbocycles. The molecule has 0 aliphatic rings. The fourth-order valence-electron chi connectivity index (χ4n) is 1.02. The van der Waals surface area contributed by atoms with Gasteiger partial charge in [0.25, 0.3) is 0 Å². The van der Waals surface area contributed by atoms with Gasteiger partial charge in [0.1, 0.15) is 0 Å². The number of ether oxygens (including phenoxy) is 1. The molecule has 0 unspecified atom stereocenters. The summed E-state index contributed by atoms with van der Waals surface area (Å²) in [4.78, 5) is 9.84. The van der Waals surface area contributed by atoms with Crippen molar-refractivity contribution in [2.75, 3.05) is 7.11 Å². The number of carbonyl (C=O) groups excluding carboxylic acids is 1. The fourth-order valence-corrected chi connectivity index (χ4v) is 2.21. The molecule has 6 heteroatoms. The molecular weight excluding hydrogens is 324 g/mol. The third kappa shape index (κ3) is 18.7. The van der Waals surface area contributed by atoms with Crippen LogP contribution in [0, 0.1) is 13.3 Å². The van der Waals surface area contributed by atoms with E-state index in [1.54, 1.807) is 0 Å². The zero-order valence-electron chi connectivity index (χ0n) is 12.7. The number of hydrogen-bond donors (Lipinski definition) is 0. The Labute approximate surface area is 138 Å². The van der Waals surface area contributed by atoms with Crippen molar-refractivity contribution in [1.82, 2.24) is 0 Å². The zero-order chi connectivity index (χ0) is 16.6. The second-order valence-electron chi connectivity index (χ2n) is 4.34. The minimum absolute atomic E-state index is 0. The Hall–Kier alpha value is -1.34. The first-order valence-corrected chi connectivity index (χ1v) is 9.08. The predicted octanol–water partition coefficient (Wildman–Crippen LogP) is 2.50. The Morgan fingerprint density at radius 1 is 1.14 bits per heavy atom. The summed E-state index contributed by atoms with van der Waals surface area (Å²) in [5, 5.41) is 1.54. The molecule has 4 nitrogen and oxygen atoms in total. The van der Waals surface area contributed by atoms with Crippen LogP contribution in [-0.4, -0.2) is 21.2 Å². The van der Waals surface area contributed by atoms with Crippen LogP contribution >= 0.6 is 0 Å². The van der Waals surface area contributed by atoms with Crippen LogP contribution in [0.3, 0.4) is 0 Å². The quantitative estimate of drug-likeness (QED) is 0.272. The number of benzene rings is 1. The average Bonchev–Trinajstić information content (AvgIpc) is 2.51.